The molecule has 0 saturated heterocycles. The average Bonchev–Trinajstić information content (AvgIpc) is 2.61. The zero-order chi connectivity index (χ0) is 16.9. The summed E-state index contributed by atoms with van der Waals surface area (Å²) in [6.07, 6.45) is 0. The Kier molecular flexibility index (Phi) is 5.24. The van der Waals surface area contributed by atoms with Crippen molar-refractivity contribution in [2.45, 2.75) is 0 Å². The Morgan fingerprint density at radius 2 is 1.54 bits per heavy atom. The van der Waals surface area contributed by atoms with Crippen LogP contribution in [0.5, 0.6) is 0 Å². The van der Waals surface area contributed by atoms with E-state index in [1.807, 2.05) is 54.6 Å². The van der Waals surface area contributed by atoms with Crippen molar-refractivity contribution in [3.63, 3.8) is 0 Å². The van der Waals surface area contributed by atoms with Crippen LogP contribution in [0.1, 0.15) is 15.9 Å². The molecular weight excluding hydrogens is 386 g/mol. The van der Waals surface area contributed by atoms with Gasteiger partial charge in [-0.1, -0.05) is 57.9 Å². The lowest BCUT2D eigenvalue weighted by molar-refractivity contribution is 0.106. The minimum Gasteiger partial charge on any atom is -0.287 e. The average molecular weight is 399 g/mol. The molecule has 0 aliphatic rings. The summed E-state index contributed by atoms with van der Waals surface area (Å²) in [6.45, 7) is 0. The smallest absolute Gasteiger partial charge is 0.211 e. The topological polar surface area (TPSA) is 29.4 Å². The first-order chi connectivity index (χ1) is 11.6. The predicted molar refractivity (Wildman–Crippen MR) is 103 cm³/mol. The SMILES string of the molecule is O=C(C(=Nc1ccccc1)c1cccc(Cl)c1)c1ccc(Br)cc1. The maximum atomic E-state index is 13.0. The number of para-hydroxylation sites is 1. The van der Waals surface area contributed by atoms with Crippen molar-refractivity contribution in [3.8, 4) is 0 Å². The van der Waals surface area contributed by atoms with Crippen molar-refractivity contribution in [1.82, 2.24) is 0 Å². The van der Waals surface area contributed by atoms with Crippen LogP contribution >= 0.6 is 27.5 Å². The van der Waals surface area contributed by atoms with Gasteiger partial charge in [0.1, 0.15) is 5.71 Å². The van der Waals surface area contributed by atoms with Crippen molar-refractivity contribution in [2.75, 3.05) is 0 Å². The standard InChI is InChI=1S/C20H13BrClNO/c21-16-11-9-14(10-12-16)20(24)19(15-5-4-6-17(22)13-15)23-18-7-2-1-3-8-18/h1-13H. The number of halogens is 2. The van der Waals surface area contributed by atoms with E-state index >= 15 is 0 Å². The number of hydrogen-bond acceptors (Lipinski definition) is 2. The van der Waals surface area contributed by atoms with Crippen LogP contribution in [-0.4, -0.2) is 11.5 Å². The summed E-state index contributed by atoms with van der Waals surface area (Å²) in [5, 5.41) is 0.567. The first-order valence-electron chi connectivity index (χ1n) is 7.33. The van der Waals surface area contributed by atoms with Gasteiger partial charge in [-0.3, -0.25) is 4.79 Å². The van der Waals surface area contributed by atoms with Gasteiger partial charge in [-0.2, -0.15) is 0 Å². The second-order valence-corrected chi connectivity index (χ2v) is 6.49. The van der Waals surface area contributed by atoms with Gasteiger partial charge < -0.3 is 0 Å². The molecule has 4 heteroatoms. The van der Waals surface area contributed by atoms with E-state index in [1.54, 1.807) is 24.3 Å². The minimum absolute atomic E-state index is 0.145. The second-order valence-electron chi connectivity index (χ2n) is 5.14. The van der Waals surface area contributed by atoms with Crippen LogP contribution < -0.4 is 0 Å². The van der Waals surface area contributed by atoms with Gasteiger partial charge in [0.05, 0.1) is 5.69 Å². The lowest BCUT2D eigenvalue weighted by Gasteiger charge is -2.07. The normalized spacial score (nSPS) is 11.3. The van der Waals surface area contributed by atoms with Gasteiger partial charge in [-0.25, -0.2) is 4.99 Å². The van der Waals surface area contributed by atoms with Gasteiger partial charge in [-0.15, -0.1) is 0 Å². The molecule has 0 N–H and O–H groups in total. The molecule has 0 bridgehead atoms. The molecule has 3 aromatic carbocycles. The molecule has 0 aliphatic carbocycles. The van der Waals surface area contributed by atoms with Gasteiger partial charge in [-0.05, 0) is 48.5 Å². The van der Waals surface area contributed by atoms with Gasteiger partial charge in [0.15, 0.2) is 0 Å². The monoisotopic (exact) mass is 397 g/mol. The van der Waals surface area contributed by atoms with E-state index in [2.05, 4.69) is 20.9 Å². The number of carbonyl (C=O) groups is 1. The summed E-state index contributed by atoms with van der Waals surface area (Å²) in [5.74, 6) is -0.145. The number of nitrogens with zero attached hydrogens (tertiary/aromatic N) is 1. The Hall–Kier alpha value is -2.23. The van der Waals surface area contributed by atoms with Crippen LogP contribution in [0.15, 0.2) is 88.3 Å². The fraction of sp³-hybridized carbons (Fsp3) is 0. The molecule has 0 aliphatic heterocycles. The zero-order valence-electron chi connectivity index (χ0n) is 12.6. The molecule has 0 amide bonds. The summed E-state index contributed by atoms with van der Waals surface area (Å²) in [5.41, 5.74) is 2.36. The van der Waals surface area contributed by atoms with Gasteiger partial charge in [0, 0.05) is 20.6 Å². The van der Waals surface area contributed by atoms with Crippen LogP contribution in [0.25, 0.3) is 0 Å². The van der Waals surface area contributed by atoms with Crippen molar-refractivity contribution in [2.24, 2.45) is 4.99 Å². The maximum absolute atomic E-state index is 13.0. The van der Waals surface area contributed by atoms with Crippen LogP contribution in [0.3, 0.4) is 0 Å². The summed E-state index contributed by atoms with van der Waals surface area (Å²) < 4.78 is 0.920. The number of Topliss-reactive ketones (excluding diaryl/α,β-unsaturated/α-hetero) is 1. The first-order valence-corrected chi connectivity index (χ1v) is 8.50. The lowest BCUT2D eigenvalue weighted by atomic mass is 10.0. The third-order valence-corrected chi connectivity index (χ3v) is 4.18. The Morgan fingerprint density at radius 1 is 0.833 bits per heavy atom. The quantitative estimate of drug-likeness (QED) is 0.385. The molecule has 0 heterocycles. The third-order valence-electron chi connectivity index (χ3n) is 3.42. The van der Waals surface area contributed by atoms with E-state index in [0.717, 1.165) is 10.2 Å². The van der Waals surface area contributed by atoms with Crippen molar-refractivity contribution < 1.29 is 4.79 Å². The molecule has 0 aromatic heterocycles. The Morgan fingerprint density at radius 3 is 2.21 bits per heavy atom. The highest BCUT2D eigenvalue weighted by molar-refractivity contribution is 9.10. The Labute approximate surface area is 154 Å². The molecule has 0 spiro atoms. The number of benzene rings is 3. The number of ketones is 1. The van der Waals surface area contributed by atoms with Gasteiger partial charge >= 0.3 is 0 Å². The first kappa shape index (κ1) is 16.6. The third kappa shape index (κ3) is 3.99. The van der Waals surface area contributed by atoms with Gasteiger partial charge in [0.2, 0.25) is 5.78 Å². The molecule has 2 nitrogen and oxygen atoms in total. The predicted octanol–water partition coefficient (Wildman–Crippen LogP) is 6.11. The van der Waals surface area contributed by atoms with Crippen LogP contribution in [0.2, 0.25) is 5.02 Å². The maximum Gasteiger partial charge on any atom is 0.211 e. The van der Waals surface area contributed by atoms with Crippen molar-refractivity contribution >= 4 is 44.7 Å². The van der Waals surface area contributed by atoms with E-state index in [4.69, 9.17) is 11.6 Å². The number of rotatable bonds is 4. The van der Waals surface area contributed by atoms with Gasteiger partial charge in [0.25, 0.3) is 0 Å². The summed E-state index contributed by atoms with van der Waals surface area (Å²) in [4.78, 5) is 17.5. The molecule has 0 radical (unpaired) electrons. The molecule has 24 heavy (non-hydrogen) atoms. The summed E-state index contributed by atoms with van der Waals surface area (Å²) in [6, 6.07) is 23.8. The number of aliphatic imine (C=N–C) groups is 1. The van der Waals surface area contributed by atoms with Crippen molar-refractivity contribution in [3.05, 3.63) is 99.5 Å². The Bertz CT molecular complexity index is 889. The molecular formula is C20H13BrClNO. The van der Waals surface area contributed by atoms with Crippen LogP contribution in [0, 0.1) is 0 Å². The highest BCUT2D eigenvalue weighted by Gasteiger charge is 2.17. The fourth-order valence-electron chi connectivity index (χ4n) is 2.25. The zero-order valence-corrected chi connectivity index (χ0v) is 15.0. The minimum atomic E-state index is -0.145. The molecule has 0 atom stereocenters. The van der Waals surface area contributed by atoms with E-state index in [9.17, 15) is 4.79 Å². The lowest BCUT2D eigenvalue weighted by Crippen LogP contribution is -2.15. The summed E-state index contributed by atoms with van der Waals surface area (Å²) >= 11 is 9.47. The van der Waals surface area contributed by atoms with E-state index in [0.29, 0.717) is 21.9 Å². The van der Waals surface area contributed by atoms with E-state index < -0.39 is 0 Å². The molecule has 0 unspecified atom stereocenters. The van der Waals surface area contributed by atoms with E-state index in [-0.39, 0.29) is 5.78 Å². The molecule has 3 aromatic rings. The van der Waals surface area contributed by atoms with Crippen molar-refractivity contribution in [1.29, 1.82) is 0 Å². The Balaban J connectivity index is 2.10. The van der Waals surface area contributed by atoms with Crippen LogP contribution in [-0.2, 0) is 0 Å². The molecule has 118 valence electrons. The highest BCUT2D eigenvalue weighted by atomic mass is 79.9. The number of carbonyl (C=O) groups excluding carboxylic acids is 1. The molecule has 3 rings (SSSR count). The van der Waals surface area contributed by atoms with E-state index in [1.165, 1.54) is 0 Å². The molecule has 0 fully saturated rings. The molecule has 0 saturated carbocycles. The number of hydrogen-bond donors (Lipinski definition) is 0. The second kappa shape index (κ2) is 7.56. The highest BCUT2D eigenvalue weighted by Crippen LogP contribution is 2.19. The summed E-state index contributed by atoms with van der Waals surface area (Å²) in [7, 11) is 0. The fourth-order valence-corrected chi connectivity index (χ4v) is 2.71. The largest absolute Gasteiger partial charge is 0.287 e. The van der Waals surface area contributed by atoms with Crippen LogP contribution in [0.4, 0.5) is 5.69 Å².